The van der Waals surface area contributed by atoms with Crippen LogP contribution in [0.25, 0.3) is 0 Å². The number of benzene rings is 1. The van der Waals surface area contributed by atoms with Gasteiger partial charge in [0.05, 0.1) is 12.1 Å². The summed E-state index contributed by atoms with van der Waals surface area (Å²) >= 11 is 0. The number of carbonyl (C=O) groups excluding carboxylic acids is 1. The molecule has 1 saturated heterocycles. The van der Waals surface area contributed by atoms with Crippen molar-refractivity contribution in [2.75, 3.05) is 13.1 Å². The molecule has 5 nitrogen and oxygen atoms in total. The fourth-order valence-electron chi connectivity index (χ4n) is 1.99. The Morgan fingerprint density at radius 1 is 1.50 bits per heavy atom. The Morgan fingerprint density at radius 3 is 2.78 bits per heavy atom. The summed E-state index contributed by atoms with van der Waals surface area (Å²) in [5, 5.41) is 9.61. The van der Waals surface area contributed by atoms with Crippen molar-refractivity contribution < 1.29 is 14.6 Å². The molecule has 0 aliphatic carbocycles. The van der Waals surface area contributed by atoms with E-state index in [4.69, 9.17) is 10.5 Å². The number of hydrogen-bond donors (Lipinski definition) is 2. The number of likely N-dealkylation sites (tertiary alicyclic amines) is 1. The first kappa shape index (κ1) is 12.9. The van der Waals surface area contributed by atoms with Crippen LogP contribution in [0.15, 0.2) is 30.3 Å². The van der Waals surface area contributed by atoms with E-state index in [-0.39, 0.29) is 25.3 Å². The molecular weight excluding hydrogens is 232 g/mol. The van der Waals surface area contributed by atoms with Crippen molar-refractivity contribution >= 4 is 6.09 Å². The van der Waals surface area contributed by atoms with Gasteiger partial charge in [-0.1, -0.05) is 30.3 Å². The van der Waals surface area contributed by atoms with E-state index in [1.54, 1.807) is 0 Å². The van der Waals surface area contributed by atoms with Crippen LogP contribution in [0.4, 0.5) is 4.79 Å². The molecule has 0 aromatic heterocycles. The minimum Gasteiger partial charge on any atom is -0.445 e. The highest BCUT2D eigenvalue weighted by Gasteiger charge is 2.37. The van der Waals surface area contributed by atoms with Gasteiger partial charge in [-0.25, -0.2) is 4.79 Å². The van der Waals surface area contributed by atoms with Gasteiger partial charge >= 0.3 is 6.09 Å². The van der Waals surface area contributed by atoms with Gasteiger partial charge < -0.3 is 20.5 Å². The van der Waals surface area contributed by atoms with Gasteiger partial charge in [-0.05, 0) is 12.0 Å². The summed E-state index contributed by atoms with van der Waals surface area (Å²) in [4.78, 5) is 13.3. The summed E-state index contributed by atoms with van der Waals surface area (Å²) in [6.07, 6.45) is -0.274. The molecule has 3 N–H and O–H groups in total. The molecule has 1 amide bonds. The van der Waals surface area contributed by atoms with E-state index in [0.717, 1.165) is 12.0 Å². The molecule has 5 heteroatoms. The second-order valence-electron chi connectivity index (χ2n) is 4.39. The highest BCUT2D eigenvalue weighted by atomic mass is 16.6. The van der Waals surface area contributed by atoms with Gasteiger partial charge in [0.2, 0.25) is 0 Å². The lowest BCUT2D eigenvalue weighted by Gasteiger charge is -2.42. The van der Waals surface area contributed by atoms with E-state index in [1.807, 2.05) is 30.3 Å². The van der Waals surface area contributed by atoms with Gasteiger partial charge in [-0.15, -0.1) is 0 Å². The fraction of sp³-hybridized carbons (Fsp3) is 0.462. The average molecular weight is 250 g/mol. The quantitative estimate of drug-likeness (QED) is 0.825. The molecule has 1 heterocycles. The second kappa shape index (κ2) is 5.84. The normalized spacial score (nSPS) is 20.1. The van der Waals surface area contributed by atoms with E-state index in [0.29, 0.717) is 6.54 Å². The predicted molar refractivity (Wildman–Crippen MR) is 66.8 cm³/mol. The molecule has 18 heavy (non-hydrogen) atoms. The smallest absolute Gasteiger partial charge is 0.410 e. The van der Waals surface area contributed by atoms with Gasteiger partial charge in [-0.2, -0.15) is 0 Å². The van der Waals surface area contributed by atoms with Gasteiger partial charge in [0, 0.05) is 13.1 Å². The zero-order valence-corrected chi connectivity index (χ0v) is 10.2. The van der Waals surface area contributed by atoms with Crippen molar-refractivity contribution in [1.82, 2.24) is 4.90 Å². The highest BCUT2D eigenvalue weighted by molar-refractivity contribution is 5.69. The number of rotatable bonds is 4. The maximum atomic E-state index is 11.8. The number of aliphatic hydroxyl groups is 1. The molecule has 0 spiro atoms. The molecule has 1 aromatic rings. The second-order valence-corrected chi connectivity index (χ2v) is 4.39. The fourth-order valence-corrected chi connectivity index (χ4v) is 1.99. The first-order valence-corrected chi connectivity index (χ1v) is 6.08. The Kier molecular flexibility index (Phi) is 4.17. The number of carbonyl (C=O) groups is 1. The third-order valence-electron chi connectivity index (χ3n) is 3.19. The predicted octanol–water partition coefficient (Wildman–Crippen LogP) is 0.717. The van der Waals surface area contributed by atoms with Gasteiger partial charge in [0.15, 0.2) is 0 Å². The first-order chi connectivity index (χ1) is 8.72. The number of ether oxygens (including phenoxy) is 1. The molecule has 1 aliphatic heterocycles. The van der Waals surface area contributed by atoms with Crippen LogP contribution in [0.2, 0.25) is 0 Å². The molecule has 1 fully saturated rings. The summed E-state index contributed by atoms with van der Waals surface area (Å²) in [5.41, 5.74) is 6.33. The standard InChI is InChI=1S/C13H18N2O3/c14-8-12(16)11-6-7-15(11)13(17)18-9-10-4-2-1-3-5-10/h1-5,11-12,16H,6-9,14H2. The lowest BCUT2D eigenvalue weighted by atomic mass is 9.98. The zero-order chi connectivity index (χ0) is 13.0. The van der Waals surface area contributed by atoms with E-state index < -0.39 is 6.10 Å². The topological polar surface area (TPSA) is 75.8 Å². The monoisotopic (exact) mass is 250 g/mol. The molecule has 0 bridgehead atoms. The number of amides is 1. The van der Waals surface area contributed by atoms with Crippen LogP contribution >= 0.6 is 0 Å². The van der Waals surface area contributed by atoms with Gasteiger partial charge in [-0.3, -0.25) is 0 Å². The van der Waals surface area contributed by atoms with Crippen molar-refractivity contribution in [3.63, 3.8) is 0 Å². The Hall–Kier alpha value is -1.59. The number of nitrogens with zero attached hydrogens (tertiary/aromatic N) is 1. The molecule has 2 atom stereocenters. The minimum atomic E-state index is -0.664. The minimum absolute atomic E-state index is 0.160. The number of hydrogen-bond acceptors (Lipinski definition) is 4. The van der Waals surface area contributed by atoms with Crippen LogP contribution in [-0.4, -0.2) is 41.3 Å². The van der Waals surface area contributed by atoms with Crippen molar-refractivity contribution in [2.45, 2.75) is 25.2 Å². The van der Waals surface area contributed by atoms with Crippen LogP contribution in [0.3, 0.4) is 0 Å². The summed E-state index contributed by atoms with van der Waals surface area (Å²) in [7, 11) is 0. The average Bonchev–Trinajstić information content (AvgIpc) is 2.36. The Bertz CT molecular complexity index is 396. The molecule has 1 aromatic carbocycles. The molecule has 2 unspecified atom stereocenters. The van der Waals surface area contributed by atoms with Gasteiger partial charge in [0.1, 0.15) is 6.61 Å². The van der Waals surface area contributed by atoms with Crippen LogP contribution in [-0.2, 0) is 11.3 Å². The van der Waals surface area contributed by atoms with Crippen molar-refractivity contribution in [3.8, 4) is 0 Å². The zero-order valence-electron chi connectivity index (χ0n) is 10.2. The first-order valence-electron chi connectivity index (χ1n) is 6.08. The van der Waals surface area contributed by atoms with E-state index >= 15 is 0 Å². The summed E-state index contributed by atoms with van der Waals surface area (Å²) in [5.74, 6) is 0. The summed E-state index contributed by atoms with van der Waals surface area (Å²) in [6.45, 7) is 1.03. The Balaban J connectivity index is 1.82. The van der Waals surface area contributed by atoms with Crippen molar-refractivity contribution in [1.29, 1.82) is 0 Å². The van der Waals surface area contributed by atoms with Crippen LogP contribution < -0.4 is 5.73 Å². The van der Waals surface area contributed by atoms with Crippen molar-refractivity contribution in [2.24, 2.45) is 5.73 Å². The van der Waals surface area contributed by atoms with Crippen molar-refractivity contribution in [3.05, 3.63) is 35.9 Å². The Labute approximate surface area is 106 Å². The lowest BCUT2D eigenvalue weighted by Crippen LogP contribution is -2.58. The SMILES string of the molecule is NCC(O)C1CCN1C(=O)OCc1ccccc1. The summed E-state index contributed by atoms with van der Waals surface area (Å²) in [6, 6.07) is 9.31. The molecule has 1 aliphatic rings. The molecular formula is C13H18N2O3. The number of aliphatic hydroxyl groups excluding tert-OH is 1. The van der Waals surface area contributed by atoms with E-state index in [1.165, 1.54) is 4.90 Å². The number of nitrogens with two attached hydrogens (primary N) is 1. The van der Waals surface area contributed by atoms with Crippen LogP contribution in [0, 0.1) is 0 Å². The third kappa shape index (κ3) is 2.80. The lowest BCUT2D eigenvalue weighted by molar-refractivity contribution is -0.0131. The highest BCUT2D eigenvalue weighted by Crippen LogP contribution is 2.21. The largest absolute Gasteiger partial charge is 0.445 e. The van der Waals surface area contributed by atoms with Crippen LogP contribution in [0.1, 0.15) is 12.0 Å². The Morgan fingerprint density at radius 2 is 2.22 bits per heavy atom. The third-order valence-corrected chi connectivity index (χ3v) is 3.19. The van der Waals surface area contributed by atoms with Crippen LogP contribution in [0.5, 0.6) is 0 Å². The molecule has 98 valence electrons. The maximum Gasteiger partial charge on any atom is 0.410 e. The maximum absolute atomic E-state index is 11.8. The molecule has 0 saturated carbocycles. The summed E-state index contributed by atoms with van der Waals surface area (Å²) < 4.78 is 5.19. The van der Waals surface area contributed by atoms with E-state index in [9.17, 15) is 9.90 Å². The van der Waals surface area contributed by atoms with E-state index in [2.05, 4.69) is 0 Å². The molecule has 0 radical (unpaired) electrons. The molecule has 2 rings (SSSR count). The van der Waals surface area contributed by atoms with Gasteiger partial charge in [0.25, 0.3) is 0 Å².